The number of likely N-dealkylation sites (tertiary alicyclic amines) is 1. The van der Waals surface area contributed by atoms with Crippen LogP contribution in [-0.2, 0) is 4.74 Å². The van der Waals surface area contributed by atoms with E-state index in [-0.39, 0.29) is 6.04 Å². The SMILES string of the molecule is COC1CCCN(CC(C)C(N)c2ccccc2)C1. The Kier molecular flexibility index (Phi) is 5.37. The molecular formula is C16H26N2O. The molecule has 3 unspecified atom stereocenters. The van der Waals surface area contributed by atoms with Crippen LogP contribution in [-0.4, -0.2) is 37.7 Å². The van der Waals surface area contributed by atoms with Gasteiger partial charge >= 0.3 is 0 Å². The number of rotatable bonds is 5. The summed E-state index contributed by atoms with van der Waals surface area (Å²) >= 11 is 0. The van der Waals surface area contributed by atoms with Crippen molar-refractivity contribution < 1.29 is 4.74 Å². The van der Waals surface area contributed by atoms with Gasteiger partial charge < -0.3 is 15.4 Å². The van der Waals surface area contributed by atoms with E-state index in [0.717, 1.165) is 13.1 Å². The maximum absolute atomic E-state index is 6.36. The van der Waals surface area contributed by atoms with E-state index in [4.69, 9.17) is 10.5 Å². The van der Waals surface area contributed by atoms with Crippen LogP contribution in [0.3, 0.4) is 0 Å². The highest BCUT2D eigenvalue weighted by Gasteiger charge is 2.23. The summed E-state index contributed by atoms with van der Waals surface area (Å²) in [5, 5.41) is 0. The molecule has 0 radical (unpaired) electrons. The Morgan fingerprint density at radius 1 is 1.37 bits per heavy atom. The summed E-state index contributed by atoms with van der Waals surface area (Å²) in [6.07, 6.45) is 2.81. The van der Waals surface area contributed by atoms with Gasteiger partial charge in [-0.05, 0) is 30.9 Å². The number of ether oxygens (including phenoxy) is 1. The second-order valence-corrected chi connectivity index (χ2v) is 5.67. The van der Waals surface area contributed by atoms with Crippen LogP contribution in [0.25, 0.3) is 0 Å². The molecule has 2 N–H and O–H groups in total. The number of nitrogens with two attached hydrogens (primary N) is 1. The van der Waals surface area contributed by atoms with Crippen LogP contribution in [0.15, 0.2) is 30.3 Å². The molecule has 3 nitrogen and oxygen atoms in total. The number of hydrogen-bond donors (Lipinski definition) is 1. The first kappa shape index (κ1) is 14.5. The summed E-state index contributed by atoms with van der Waals surface area (Å²) in [7, 11) is 1.81. The zero-order valence-corrected chi connectivity index (χ0v) is 12.1. The van der Waals surface area contributed by atoms with Gasteiger partial charge in [0.25, 0.3) is 0 Å². The largest absolute Gasteiger partial charge is 0.380 e. The fraction of sp³-hybridized carbons (Fsp3) is 0.625. The molecule has 1 aliphatic heterocycles. The summed E-state index contributed by atoms with van der Waals surface area (Å²) in [6.45, 7) is 5.51. The standard InChI is InChI=1S/C16H26N2O/c1-13(16(17)14-7-4-3-5-8-14)11-18-10-6-9-15(12-18)19-2/h3-5,7-8,13,15-16H,6,9-12,17H2,1-2H3. The van der Waals surface area contributed by atoms with Crippen LogP contribution in [0, 0.1) is 5.92 Å². The van der Waals surface area contributed by atoms with Crippen molar-refractivity contribution in [2.75, 3.05) is 26.7 Å². The highest BCUT2D eigenvalue weighted by atomic mass is 16.5. The van der Waals surface area contributed by atoms with E-state index in [0.29, 0.717) is 12.0 Å². The van der Waals surface area contributed by atoms with E-state index in [1.54, 1.807) is 0 Å². The van der Waals surface area contributed by atoms with Crippen LogP contribution >= 0.6 is 0 Å². The summed E-state index contributed by atoms with van der Waals surface area (Å²) in [5.41, 5.74) is 7.60. The van der Waals surface area contributed by atoms with Gasteiger partial charge in [-0.3, -0.25) is 0 Å². The highest BCUT2D eigenvalue weighted by Crippen LogP contribution is 2.22. The first-order valence-corrected chi connectivity index (χ1v) is 7.26. The molecule has 3 heteroatoms. The van der Waals surface area contributed by atoms with Crippen molar-refractivity contribution in [1.82, 2.24) is 4.90 Å². The monoisotopic (exact) mass is 262 g/mol. The lowest BCUT2D eigenvalue weighted by Gasteiger charge is -2.35. The van der Waals surface area contributed by atoms with Crippen LogP contribution in [0.1, 0.15) is 31.4 Å². The fourth-order valence-corrected chi connectivity index (χ4v) is 2.90. The normalized spacial score (nSPS) is 24.1. The lowest BCUT2D eigenvalue weighted by Crippen LogP contribution is -2.42. The van der Waals surface area contributed by atoms with Crippen molar-refractivity contribution in [3.8, 4) is 0 Å². The molecule has 0 amide bonds. The first-order valence-electron chi connectivity index (χ1n) is 7.26. The fourth-order valence-electron chi connectivity index (χ4n) is 2.90. The van der Waals surface area contributed by atoms with E-state index < -0.39 is 0 Å². The minimum Gasteiger partial charge on any atom is -0.380 e. The molecule has 1 saturated heterocycles. The van der Waals surface area contributed by atoms with E-state index >= 15 is 0 Å². The molecule has 1 aromatic carbocycles. The van der Waals surface area contributed by atoms with E-state index in [1.165, 1.54) is 24.9 Å². The Labute approximate surface area is 116 Å². The number of methoxy groups -OCH3 is 1. The molecule has 0 spiro atoms. The number of benzene rings is 1. The molecule has 106 valence electrons. The second kappa shape index (κ2) is 7.04. The Hall–Kier alpha value is -0.900. The molecule has 1 fully saturated rings. The van der Waals surface area contributed by atoms with Gasteiger partial charge in [-0.2, -0.15) is 0 Å². The maximum Gasteiger partial charge on any atom is 0.0698 e. The third kappa shape index (κ3) is 4.03. The Bertz CT molecular complexity index is 368. The number of hydrogen-bond acceptors (Lipinski definition) is 3. The van der Waals surface area contributed by atoms with Crippen molar-refractivity contribution in [3.05, 3.63) is 35.9 Å². The minimum absolute atomic E-state index is 0.115. The van der Waals surface area contributed by atoms with E-state index in [2.05, 4.69) is 36.1 Å². The van der Waals surface area contributed by atoms with Crippen LogP contribution in [0.4, 0.5) is 0 Å². The Morgan fingerprint density at radius 3 is 2.79 bits per heavy atom. The summed E-state index contributed by atoms with van der Waals surface area (Å²) in [5.74, 6) is 0.456. The molecule has 3 atom stereocenters. The molecule has 0 aliphatic carbocycles. The molecule has 0 saturated carbocycles. The second-order valence-electron chi connectivity index (χ2n) is 5.67. The van der Waals surface area contributed by atoms with Crippen molar-refractivity contribution in [1.29, 1.82) is 0 Å². The Morgan fingerprint density at radius 2 is 2.11 bits per heavy atom. The third-order valence-corrected chi connectivity index (χ3v) is 4.14. The average Bonchev–Trinajstić information content (AvgIpc) is 2.47. The zero-order chi connectivity index (χ0) is 13.7. The van der Waals surface area contributed by atoms with Crippen molar-refractivity contribution in [3.63, 3.8) is 0 Å². The summed E-state index contributed by atoms with van der Waals surface area (Å²) in [6, 6.07) is 10.5. The molecule has 0 bridgehead atoms. The lowest BCUT2D eigenvalue weighted by atomic mass is 9.94. The molecule has 1 aromatic rings. The van der Waals surface area contributed by atoms with E-state index in [9.17, 15) is 0 Å². The molecule has 0 aromatic heterocycles. The summed E-state index contributed by atoms with van der Waals surface area (Å²) in [4.78, 5) is 2.49. The Balaban J connectivity index is 1.88. The van der Waals surface area contributed by atoms with Gasteiger partial charge in [-0.25, -0.2) is 0 Å². The maximum atomic E-state index is 6.36. The molecular weight excluding hydrogens is 236 g/mol. The average molecular weight is 262 g/mol. The zero-order valence-electron chi connectivity index (χ0n) is 12.1. The first-order chi connectivity index (χ1) is 9.20. The van der Waals surface area contributed by atoms with Crippen molar-refractivity contribution >= 4 is 0 Å². The quantitative estimate of drug-likeness (QED) is 0.885. The van der Waals surface area contributed by atoms with Gasteiger partial charge in [0, 0.05) is 26.2 Å². The van der Waals surface area contributed by atoms with Gasteiger partial charge in [0.1, 0.15) is 0 Å². The van der Waals surface area contributed by atoms with Gasteiger partial charge in [0.15, 0.2) is 0 Å². The number of piperidine rings is 1. The van der Waals surface area contributed by atoms with Crippen molar-refractivity contribution in [2.45, 2.75) is 31.9 Å². The van der Waals surface area contributed by atoms with Gasteiger partial charge in [0.05, 0.1) is 6.10 Å². The van der Waals surface area contributed by atoms with Crippen LogP contribution in [0.2, 0.25) is 0 Å². The lowest BCUT2D eigenvalue weighted by molar-refractivity contribution is 0.0254. The van der Waals surface area contributed by atoms with Gasteiger partial charge in [-0.1, -0.05) is 37.3 Å². The van der Waals surface area contributed by atoms with Gasteiger partial charge in [0.2, 0.25) is 0 Å². The molecule has 1 aliphatic rings. The topological polar surface area (TPSA) is 38.5 Å². The predicted molar refractivity (Wildman–Crippen MR) is 79.0 cm³/mol. The van der Waals surface area contributed by atoms with Crippen molar-refractivity contribution in [2.24, 2.45) is 11.7 Å². The van der Waals surface area contributed by atoms with Crippen LogP contribution < -0.4 is 5.73 Å². The minimum atomic E-state index is 0.115. The predicted octanol–water partition coefficient (Wildman–Crippen LogP) is 2.43. The summed E-state index contributed by atoms with van der Waals surface area (Å²) < 4.78 is 5.48. The third-order valence-electron chi connectivity index (χ3n) is 4.14. The molecule has 19 heavy (non-hydrogen) atoms. The molecule has 2 rings (SSSR count). The van der Waals surface area contributed by atoms with E-state index in [1.807, 2.05) is 13.2 Å². The van der Waals surface area contributed by atoms with Gasteiger partial charge in [-0.15, -0.1) is 0 Å². The van der Waals surface area contributed by atoms with Crippen LogP contribution in [0.5, 0.6) is 0 Å². The highest BCUT2D eigenvalue weighted by molar-refractivity contribution is 5.19. The smallest absolute Gasteiger partial charge is 0.0698 e. The molecule has 1 heterocycles. The number of nitrogens with zero attached hydrogens (tertiary/aromatic N) is 1.